The van der Waals surface area contributed by atoms with E-state index in [0.717, 1.165) is 22.2 Å². The largest absolute Gasteiger partial charge is 0.456 e. The van der Waals surface area contributed by atoms with Crippen LogP contribution in [0.1, 0.15) is 24.9 Å². The quantitative estimate of drug-likeness (QED) is 0.927. The van der Waals surface area contributed by atoms with E-state index in [-0.39, 0.29) is 6.04 Å². The van der Waals surface area contributed by atoms with Gasteiger partial charge in [-0.1, -0.05) is 19.1 Å². The van der Waals surface area contributed by atoms with Crippen LogP contribution in [0.15, 0.2) is 47.2 Å². The summed E-state index contributed by atoms with van der Waals surface area (Å²) in [5.41, 5.74) is 7.08. The van der Waals surface area contributed by atoms with Crippen LogP contribution in [0, 0.1) is 0 Å². The van der Waals surface area contributed by atoms with Crippen molar-refractivity contribution in [3.8, 4) is 11.5 Å². The third kappa shape index (κ3) is 3.31. The van der Waals surface area contributed by atoms with Gasteiger partial charge in [-0.25, -0.2) is 0 Å². The molecule has 0 radical (unpaired) electrons. The molecular weight excluding hydrogens is 292 g/mol. The summed E-state index contributed by atoms with van der Waals surface area (Å²) in [7, 11) is 0. The number of rotatable bonds is 4. The lowest BCUT2D eigenvalue weighted by molar-refractivity contribution is 0.479. The number of nitrogens with zero attached hydrogens (tertiary/aromatic N) is 1. The Balaban J connectivity index is 2.11. The minimum absolute atomic E-state index is 0.0894. The smallest absolute Gasteiger partial charge is 0.146 e. The zero-order valence-electron chi connectivity index (χ0n) is 10.1. The first-order chi connectivity index (χ1) is 8.69. The number of ether oxygens (including phenoxy) is 1. The first-order valence-electron chi connectivity index (χ1n) is 5.83. The number of halogens is 1. The second-order valence-electron chi connectivity index (χ2n) is 4.02. The number of hydrogen-bond acceptors (Lipinski definition) is 3. The SMILES string of the molecule is CC[C@@H](N)c1ccc(Oc2cncc(Br)c2)cc1. The average Bonchev–Trinajstić information content (AvgIpc) is 2.39. The van der Waals surface area contributed by atoms with E-state index in [4.69, 9.17) is 10.5 Å². The van der Waals surface area contributed by atoms with Gasteiger partial charge < -0.3 is 10.5 Å². The van der Waals surface area contributed by atoms with Crippen molar-refractivity contribution in [3.05, 3.63) is 52.8 Å². The maximum atomic E-state index is 5.96. The van der Waals surface area contributed by atoms with E-state index in [0.29, 0.717) is 5.75 Å². The Hall–Kier alpha value is -1.39. The summed E-state index contributed by atoms with van der Waals surface area (Å²) in [6, 6.07) is 9.80. The van der Waals surface area contributed by atoms with Gasteiger partial charge in [0.1, 0.15) is 11.5 Å². The summed E-state index contributed by atoms with van der Waals surface area (Å²) in [4.78, 5) is 4.05. The molecule has 0 fully saturated rings. The van der Waals surface area contributed by atoms with E-state index in [1.165, 1.54) is 0 Å². The molecule has 0 aliphatic rings. The fraction of sp³-hybridized carbons (Fsp3) is 0.214. The van der Waals surface area contributed by atoms with E-state index >= 15 is 0 Å². The molecule has 0 bridgehead atoms. The van der Waals surface area contributed by atoms with Crippen LogP contribution in [0.3, 0.4) is 0 Å². The standard InChI is InChI=1S/C14H15BrN2O/c1-2-14(16)10-3-5-12(6-4-10)18-13-7-11(15)8-17-9-13/h3-9,14H,2,16H2,1H3/t14-/m1/s1. The average molecular weight is 307 g/mol. The van der Waals surface area contributed by atoms with E-state index in [9.17, 15) is 0 Å². The number of pyridine rings is 1. The van der Waals surface area contributed by atoms with Crippen molar-refractivity contribution >= 4 is 15.9 Å². The number of nitrogens with two attached hydrogens (primary N) is 1. The monoisotopic (exact) mass is 306 g/mol. The third-order valence-electron chi connectivity index (χ3n) is 2.66. The molecule has 0 amide bonds. The molecule has 0 aliphatic heterocycles. The van der Waals surface area contributed by atoms with E-state index in [2.05, 4.69) is 27.8 Å². The van der Waals surface area contributed by atoms with Crippen LogP contribution >= 0.6 is 15.9 Å². The van der Waals surface area contributed by atoms with E-state index < -0.39 is 0 Å². The molecule has 18 heavy (non-hydrogen) atoms. The Morgan fingerprint density at radius 2 is 1.94 bits per heavy atom. The van der Waals surface area contributed by atoms with Crippen LogP contribution in [0.25, 0.3) is 0 Å². The number of hydrogen-bond donors (Lipinski definition) is 1. The van der Waals surface area contributed by atoms with Crippen LogP contribution in [-0.2, 0) is 0 Å². The molecule has 2 N–H and O–H groups in total. The van der Waals surface area contributed by atoms with Crippen LogP contribution in [0.2, 0.25) is 0 Å². The van der Waals surface area contributed by atoms with Crippen LogP contribution in [0.5, 0.6) is 11.5 Å². The topological polar surface area (TPSA) is 48.1 Å². The Morgan fingerprint density at radius 1 is 1.22 bits per heavy atom. The fourth-order valence-electron chi connectivity index (χ4n) is 1.60. The Morgan fingerprint density at radius 3 is 2.56 bits per heavy atom. The van der Waals surface area contributed by atoms with Crippen molar-refractivity contribution in [2.24, 2.45) is 5.73 Å². The zero-order chi connectivity index (χ0) is 13.0. The summed E-state index contributed by atoms with van der Waals surface area (Å²) in [5.74, 6) is 1.49. The molecule has 0 saturated heterocycles. The summed E-state index contributed by atoms with van der Waals surface area (Å²) >= 11 is 3.36. The highest BCUT2D eigenvalue weighted by atomic mass is 79.9. The van der Waals surface area contributed by atoms with Crippen molar-refractivity contribution < 1.29 is 4.74 Å². The van der Waals surface area contributed by atoms with E-state index in [1.54, 1.807) is 12.4 Å². The molecule has 0 saturated carbocycles. The van der Waals surface area contributed by atoms with Crippen LogP contribution in [0.4, 0.5) is 0 Å². The lowest BCUT2D eigenvalue weighted by Gasteiger charge is -2.10. The Kier molecular flexibility index (Phi) is 4.33. The fourth-order valence-corrected chi connectivity index (χ4v) is 1.95. The van der Waals surface area contributed by atoms with Crippen LogP contribution in [-0.4, -0.2) is 4.98 Å². The van der Waals surface area contributed by atoms with Gasteiger partial charge in [0.05, 0.1) is 6.20 Å². The molecule has 2 rings (SSSR count). The molecule has 1 heterocycles. The maximum absolute atomic E-state index is 5.96. The minimum atomic E-state index is 0.0894. The third-order valence-corrected chi connectivity index (χ3v) is 3.10. The summed E-state index contributed by atoms with van der Waals surface area (Å²) in [5, 5.41) is 0. The second-order valence-corrected chi connectivity index (χ2v) is 4.94. The van der Waals surface area contributed by atoms with Gasteiger partial charge in [0.25, 0.3) is 0 Å². The van der Waals surface area contributed by atoms with Gasteiger partial charge in [-0.05, 0) is 46.1 Å². The van der Waals surface area contributed by atoms with Gasteiger partial charge in [0.15, 0.2) is 0 Å². The highest BCUT2D eigenvalue weighted by molar-refractivity contribution is 9.10. The second kappa shape index (κ2) is 5.98. The Labute approximate surface area is 115 Å². The first-order valence-corrected chi connectivity index (χ1v) is 6.62. The summed E-state index contributed by atoms with van der Waals surface area (Å²) in [6.07, 6.45) is 4.32. The molecule has 0 spiro atoms. The lowest BCUT2D eigenvalue weighted by Crippen LogP contribution is -2.07. The minimum Gasteiger partial charge on any atom is -0.456 e. The number of benzene rings is 1. The molecule has 3 nitrogen and oxygen atoms in total. The molecule has 1 aromatic carbocycles. The highest BCUT2D eigenvalue weighted by Gasteiger charge is 2.04. The van der Waals surface area contributed by atoms with Gasteiger partial charge in [-0.3, -0.25) is 4.98 Å². The molecule has 2 aromatic rings. The van der Waals surface area contributed by atoms with Gasteiger partial charge >= 0.3 is 0 Å². The number of aromatic nitrogens is 1. The van der Waals surface area contributed by atoms with E-state index in [1.807, 2.05) is 30.3 Å². The van der Waals surface area contributed by atoms with Crippen molar-refractivity contribution in [2.45, 2.75) is 19.4 Å². The highest BCUT2D eigenvalue weighted by Crippen LogP contribution is 2.24. The molecular formula is C14H15BrN2O. The van der Waals surface area contributed by atoms with Crippen molar-refractivity contribution in [2.75, 3.05) is 0 Å². The molecule has 94 valence electrons. The van der Waals surface area contributed by atoms with Crippen molar-refractivity contribution in [3.63, 3.8) is 0 Å². The molecule has 1 aromatic heterocycles. The van der Waals surface area contributed by atoms with Gasteiger partial charge in [0.2, 0.25) is 0 Å². The molecule has 0 aliphatic carbocycles. The first kappa shape index (κ1) is 13.1. The molecule has 1 atom stereocenters. The van der Waals surface area contributed by atoms with Crippen LogP contribution < -0.4 is 10.5 Å². The lowest BCUT2D eigenvalue weighted by atomic mass is 10.1. The van der Waals surface area contributed by atoms with Gasteiger partial charge in [-0.15, -0.1) is 0 Å². The maximum Gasteiger partial charge on any atom is 0.146 e. The summed E-state index contributed by atoms with van der Waals surface area (Å²) in [6.45, 7) is 2.07. The zero-order valence-corrected chi connectivity index (χ0v) is 11.7. The predicted molar refractivity (Wildman–Crippen MR) is 75.7 cm³/mol. The normalized spacial score (nSPS) is 12.2. The summed E-state index contributed by atoms with van der Waals surface area (Å²) < 4.78 is 6.59. The Bertz CT molecular complexity index is 513. The molecule has 0 unspecified atom stereocenters. The van der Waals surface area contributed by atoms with Crippen molar-refractivity contribution in [1.29, 1.82) is 0 Å². The van der Waals surface area contributed by atoms with Gasteiger partial charge in [0, 0.05) is 16.7 Å². The van der Waals surface area contributed by atoms with Gasteiger partial charge in [-0.2, -0.15) is 0 Å². The molecule has 4 heteroatoms. The van der Waals surface area contributed by atoms with Crippen molar-refractivity contribution in [1.82, 2.24) is 4.98 Å². The predicted octanol–water partition coefficient (Wildman–Crippen LogP) is 4.05.